The molecule has 3 rings (SSSR count). The Kier molecular flexibility index (Phi) is 3.24. The van der Waals surface area contributed by atoms with Gasteiger partial charge in [0, 0.05) is 17.9 Å². The van der Waals surface area contributed by atoms with Gasteiger partial charge in [0.25, 0.3) is 0 Å². The van der Waals surface area contributed by atoms with E-state index in [9.17, 15) is 15.0 Å². The Morgan fingerprint density at radius 1 is 1.23 bits per heavy atom. The summed E-state index contributed by atoms with van der Waals surface area (Å²) >= 11 is 0. The maximum Gasteiger partial charge on any atom is 0.342 e. The van der Waals surface area contributed by atoms with Crippen molar-refractivity contribution in [2.75, 3.05) is 14.2 Å². The van der Waals surface area contributed by atoms with Crippen LogP contribution in [-0.2, 0) is 11.2 Å². The summed E-state index contributed by atoms with van der Waals surface area (Å²) in [6.07, 6.45) is 0.202. The molecular weight excluding hydrogens is 288 g/mol. The Balaban J connectivity index is 2.43. The molecule has 0 saturated heterocycles. The third-order valence-corrected chi connectivity index (χ3v) is 3.82. The summed E-state index contributed by atoms with van der Waals surface area (Å²) in [5, 5.41) is 21.3. The normalized spacial score (nSPS) is 17.0. The van der Waals surface area contributed by atoms with E-state index in [0.29, 0.717) is 28.9 Å². The van der Waals surface area contributed by atoms with Crippen molar-refractivity contribution < 1.29 is 29.2 Å². The van der Waals surface area contributed by atoms with Gasteiger partial charge < -0.3 is 24.4 Å². The Morgan fingerprint density at radius 2 is 1.95 bits per heavy atom. The van der Waals surface area contributed by atoms with Gasteiger partial charge in [-0.15, -0.1) is 0 Å². The fourth-order valence-electron chi connectivity index (χ4n) is 2.90. The number of fused-ring (bicyclic) bond motifs is 2. The molecule has 1 heterocycles. The molecule has 1 aliphatic rings. The molecule has 2 N–H and O–H groups in total. The number of hydrogen-bond acceptors (Lipinski definition) is 6. The number of carbonyl (C=O) groups is 1. The minimum absolute atomic E-state index is 0.0909. The van der Waals surface area contributed by atoms with Crippen LogP contribution in [0.5, 0.6) is 23.0 Å². The van der Waals surface area contributed by atoms with E-state index in [1.165, 1.54) is 20.3 Å². The van der Waals surface area contributed by atoms with Crippen molar-refractivity contribution in [3.63, 3.8) is 0 Å². The minimum atomic E-state index is -0.595. The molecule has 1 atom stereocenters. The van der Waals surface area contributed by atoms with Gasteiger partial charge in [0.15, 0.2) is 11.5 Å². The number of phenols is 2. The molecule has 0 saturated carbocycles. The van der Waals surface area contributed by atoms with Gasteiger partial charge in [-0.25, -0.2) is 4.79 Å². The Labute approximate surface area is 126 Å². The molecule has 0 amide bonds. The van der Waals surface area contributed by atoms with Crippen LogP contribution in [0.4, 0.5) is 0 Å². The summed E-state index contributed by atoms with van der Waals surface area (Å²) < 4.78 is 15.7. The van der Waals surface area contributed by atoms with Crippen LogP contribution in [0.25, 0.3) is 10.8 Å². The van der Waals surface area contributed by atoms with Gasteiger partial charge in [-0.05, 0) is 18.6 Å². The van der Waals surface area contributed by atoms with Gasteiger partial charge in [-0.3, -0.25) is 0 Å². The van der Waals surface area contributed by atoms with Crippen LogP contribution in [0.3, 0.4) is 0 Å². The fraction of sp³-hybridized carbons (Fsp3) is 0.312. The summed E-state index contributed by atoms with van der Waals surface area (Å²) in [5.74, 6) is -0.358. The number of cyclic esters (lactones) is 1. The van der Waals surface area contributed by atoms with E-state index in [1.807, 2.05) is 0 Å². The molecule has 0 fully saturated rings. The molecule has 0 unspecified atom stereocenters. The highest BCUT2D eigenvalue weighted by Gasteiger charge is 2.30. The van der Waals surface area contributed by atoms with Crippen molar-refractivity contribution in [3.05, 3.63) is 23.3 Å². The zero-order valence-corrected chi connectivity index (χ0v) is 12.5. The first-order valence-corrected chi connectivity index (χ1v) is 6.81. The Bertz CT molecular complexity index is 780. The predicted molar refractivity (Wildman–Crippen MR) is 79.0 cm³/mol. The van der Waals surface area contributed by atoms with Crippen LogP contribution in [0.1, 0.15) is 22.8 Å². The third-order valence-electron chi connectivity index (χ3n) is 3.82. The van der Waals surface area contributed by atoms with Gasteiger partial charge in [-0.1, -0.05) is 0 Å². The molecule has 116 valence electrons. The van der Waals surface area contributed by atoms with E-state index in [0.717, 1.165) is 0 Å². The molecule has 6 heteroatoms. The second kappa shape index (κ2) is 4.98. The second-order valence-electron chi connectivity index (χ2n) is 5.23. The minimum Gasteiger partial charge on any atom is -0.507 e. The zero-order chi connectivity index (χ0) is 16.0. The average molecular weight is 304 g/mol. The number of rotatable bonds is 2. The predicted octanol–water partition coefficient (Wildman–Crippen LogP) is 2.37. The highest BCUT2D eigenvalue weighted by molar-refractivity contribution is 6.08. The van der Waals surface area contributed by atoms with Gasteiger partial charge in [0.1, 0.15) is 23.2 Å². The summed E-state index contributed by atoms with van der Waals surface area (Å²) in [6.45, 7) is 1.78. The summed E-state index contributed by atoms with van der Waals surface area (Å²) in [6, 6.07) is 3.06. The first kappa shape index (κ1) is 14.3. The number of esters is 1. The maximum absolute atomic E-state index is 12.0. The van der Waals surface area contributed by atoms with E-state index >= 15 is 0 Å². The number of methoxy groups -OCH3 is 2. The lowest BCUT2D eigenvalue weighted by molar-refractivity contribution is 0.0298. The number of ether oxygens (including phenoxy) is 3. The van der Waals surface area contributed by atoms with Crippen LogP contribution in [0.2, 0.25) is 0 Å². The van der Waals surface area contributed by atoms with Crippen molar-refractivity contribution >= 4 is 16.7 Å². The lowest BCUT2D eigenvalue weighted by Gasteiger charge is -2.24. The average Bonchev–Trinajstić information content (AvgIpc) is 2.45. The van der Waals surface area contributed by atoms with Gasteiger partial charge in [-0.2, -0.15) is 0 Å². The quantitative estimate of drug-likeness (QED) is 0.829. The van der Waals surface area contributed by atoms with Crippen LogP contribution >= 0.6 is 0 Å². The second-order valence-corrected chi connectivity index (χ2v) is 5.23. The Morgan fingerprint density at radius 3 is 2.59 bits per heavy atom. The van der Waals surface area contributed by atoms with E-state index in [4.69, 9.17) is 14.2 Å². The largest absolute Gasteiger partial charge is 0.507 e. The fourth-order valence-corrected chi connectivity index (χ4v) is 2.90. The highest BCUT2D eigenvalue weighted by atomic mass is 16.5. The smallest absolute Gasteiger partial charge is 0.342 e. The van der Waals surface area contributed by atoms with E-state index < -0.39 is 5.97 Å². The van der Waals surface area contributed by atoms with E-state index in [1.54, 1.807) is 13.0 Å². The summed E-state index contributed by atoms with van der Waals surface area (Å²) in [4.78, 5) is 12.0. The number of carbonyl (C=O) groups excluding carboxylic acids is 1. The van der Waals surface area contributed by atoms with Crippen LogP contribution in [0.15, 0.2) is 12.1 Å². The van der Waals surface area contributed by atoms with Crippen molar-refractivity contribution in [1.82, 2.24) is 0 Å². The number of phenolic OH excluding ortho intramolecular Hbond substituents is 2. The lowest BCUT2D eigenvalue weighted by atomic mass is 9.93. The number of aromatic hydroxyl groups is 2. The monoisotopic (exact) mass is 304 g/mol. The molecule has 0 spiro atoms. The van der Waals surface area contributed by atoms with Gasteiger partial charge >= 0.3 is 5.97 Å². The first-order valence-electron chi connectivity index (χ1n) is 6.81. The molecule has 0 aliphatic carbocycles. The van der Waals surface area contributed by atoms with Gasteiger partial charge in [0.05, 0.1) is 19.6 Å². The van der Waals surface area contributed by atoms with Crippen molar-refractivity contribution in [2.24, 2.45) is 0 Å². The van der Waals surface area contributed by atoms with Crippen LogP contribution < -0.4 is 9.47 Å². The molecule has 2 aromatic carbocycles. The maximum atomic E-state index is 12.0. The highest BCUT2D eigenvalue weighted by Crippen LogP contribution is 2.47. The van der Waals surface area contributed by atoms with Crippen LogP contribution in [-0.4, -0.2) is 36.5 Å². The van der Waals surface area contributed by atoms with E-state index in [2.05, 4.69) is 0 Å². The SMILES string of the molecule is COc1cc(O)c2c(O)c3c(cc2c1OC)C[C@@H](C)OC3=O. The Hall–Kier alpha value is -2.63. The molecule has 22 heavy (non-hydrogen) atoms. The molecular formula is C16H16O6. The first-order chi connectivity index (χ1) is 10.5. The van der Waals surface area contributed by atoms with Gasteiger partial charge in [0.2, 0.25) is 0 Å². The molecule has 0 radical (unpaired) electrons. The number of hydrogen-bond donors (Lipinski definition) is 2. The van der Waals surface area contributed by atoms with E-state index in [-0.39, 0.29) is 28.6 Å². The number of benzene rings is 2. The van der Waals surface area contributed by atoms with Crippen molar-refractivity contribution in [1.29, 1.82) is 0 Å². The zero-order valence-electron chi connectivity index (χ0n) is 12.5. The molecule has 2 aromatic rings. The summed E-state index contributed by atoms with van der Waals surface area (Å²) in [7, 11) is 2.93. The molecule has 0 aromatic heterocycles. The molecule has 6 nitrogen and oxygen atoms in total. The topological polar surface area (TPSA) is 85.2 Å². The van der Waals surface area contributed by atoms with Crippen molar-refractivity contribution in [3.8, 4) is 23.0 Å². The molecule has 0 bridgehead atoms. The lowest BCUT2D eigenvalue weighted by Crippen LogP contribution is -2.25. The van der Waals surface area contributed by atoms with Crippen molar-refractivity contribution in [2.45, 2.75) is 19.4 Å². The summed E-state index contributed by atoms with van der Waals surface area (Å²) in [5.41, 5.74) is 0.743. The molecule has 1 aliphatic heterocycles. The van der Waals surface area contributed by atoms with Crippen LogP contribution in [0, 0.1) is 0 Å². The standard InChI is InChI=1S/C16H16O6/c1-7-4-8-5-9-13(14(18)12(8)16(19)22-7)10(17)6-11(20-2)15(9)21-3/h5-7,17-18H,4H2,1-3H3/t7-/m1/s1. The third kappa shape index (κ3) is 1.91.